The Bertz CT molecular complexity index is 990. The molecule has 1 aliphatic rings. The Morgan fingerprint density at radius 1 is 1.11 bits per heavy atom. The molecule has 2 aromatic carbocycles. The minimum absolute atomic E-state index is 0.669. The van der Waals surface area contributed by atoms with Crippen molar-refractivity contribution in [1.82, 2.24) is 19.2 Å². The first kappa shape index (κ1) is 18.2. The summed E-state index contributed by atoms with van der Waals surface area (Å²) in [6.45, 7) is 2.88. The second kappa shape index (κ2) is 7.84. The van der Waals surface area contributed by atoms with E-state index < -0.39 is 0 Å². The van der Waals surface area contributed by atoms with E-state index in [1.807, 2.05) is 57.8 Å². The number of hydrogen-bond acceptors (Lipinski definition) is 4. The summed E-state index contributed by atoms with van der Waals surface area (Å²) < 4.78 is 9.96. The SMILES string of the molecule is COc1cccc(-c2nn(CN3CCCC3)c(=S)n2-c2ccc(Cl)cc2)c1. The van der Waals surface area contributed by atoms with Gasteiger partial charge in [0.15, 0.2) is 5.82 Å². The minimum atomic E-state index is 0.669. The molecule has 1 aromatic heterocycles. The number of likely N-dealkylation sites (tertiary alicyclic amines) is 1. The summed E-state index contributed by atoms with van der Waals surface area (Å²) in [6.07, 6.45) is 2.46. The maximum atomic E-state index is 6.07. The van der Waals surface area contributed by atoms with Gasteiger partial charge in [-0.15, -0.1) is 5.10 Å². The molecule has 1 aliphatic heterocycles. The fourth-order valence-corrected chi connectivity index (χ4v) is 3.80. The zero-order valence-electron chi connectivity index (χ0n) is 15.1. The number of benzene rings is 2. The highest BCUT2D eigenvalue weighted by Gasteiger charge is 2.18. The molecule has 0 spiro atoms. The number of aromatic nitrogens is 3. The lowest BCUT2D eigenvalue weighted by molar-refractivity contribution is 0.253. The van der Waals surface area contributed by atoms with Crippen LogP contribution in [-0.2, 0) is 6.67 Å². The van der Waals surface area contributed by atoms with E-state index in [4.69, 9.17) is 33.7 Å². The Labute approximate surface area is 168 Å². The van der Waals surface area contributed by atoms with Crippen molar-refractivity contribution in [3.8, 4) is 22.8 Å². The lowest BCUT2D eigenvalue weighted by Crippen LogP contribution is -2.23. The predicted molar refractivity (Wildman–Crippen MR) is 110 cm³/mol. The summed E-state index contributed by atoms with van der Waals surface area (Å²) in [5.41, 5.74) is 1.89. The van der Waals surface area contributed by atoms with Crippen LogP contribution < -0.4 is 4.74 Å². The summed E-state index contributed by atoms with van der Waals surface area (Å²) >= 11 is 11.9. The van der Waals surface area contributed by atoms with Crippen LogP contribution in [0.15, 0.2) is 48.5 Å². The van der Waals surface area contributed by atoms with Gasteiger partial charge in [-0.25, -0.2) is 4.68 Å². The summed E-state index contributed by atoms with van der Waals surface area (Å²) in [6, 6.07) is 15.5. The molecular weight excluding hydrogens is 380 g/mol. The van der Waals surface area contributed by atoms with E-state index in [2.05, 4.69) is 4.90 Å². The summed E-state index contributed by atoms with van der Waals surface area (Å²) in [5, 5.41) is 5.56. The monoisotopic (exact) mass is 400 g/mol. The second-order valence-electron chi connectivity index (χ2n) is 6.62. The lowest BCUT2D eigenvalue weighted by Gasteiger charge is -2.13. The molecule has 7 heteroatoms. The Hall–Kier alpha value is -2.15. The zero-order valence-corrected chi connectivity index (χ0v) is 16.7. The van der Waals surface area contributed by atoms with Crippen molar-refractivity contribution in [3.63, 3.8) is 0 Å². The molecule has 27 heavy (non-hydrogen) atoms. The minimum Gasteiger partial charge on any atom is -0.497 e. The predicted octanol–water partition coefficient (Wildman–Crippen LogP) is 4.79. The number of rotatable bonds is 5. The molecule has 0 N–H and O–H groups in total. The highest BCUT2D eigenvalue weighted by Crippen LogP contribution is 2.27. The molecule has 0 aliphatic carbocycles. The normalized spacial score (nSPS) is 14.6. The molecule has 1 fully saturated rings. The average Bonchev–Trinajstić information content (AvgIpc) is 3.31. The zero-order chi connectivity index (χ0) is 18.8. The van der Waals surface area contributed by atoms with Gasteiger partial charge in [-0.3, -0.25) is 9.47 Å². The molecule has 0 unspecified atom stereocenters. The van der Waals surface area contributed by atoms with Crippen LogP contribution in [0, 0.1) is 4.77 Å². The lowest BCUT2D eigenvalue weighted by atomic mass is 10.2. The van der Waals surface area contributed by atoms with Gasteiger partial charge in [0.05, 0.1) is 19.5 Å². The molecule has 0 bridgehead atoms. The van der Waals surface area contributed by atoms with Gasteiger partial charge < -0.3 is 4.74 Å². The van der Waals surface area contributed by atoms with Gasteiger partial charge in [0.2, 0.25) is 4.77 Å². The third-order valence-corrected chi connectivity index (χ3v) is 5.43. The van der Waals surface area contributed by atoms with Crippen LogP contribution in [0.25, 0.3) is 17.1 Å². The van der Waals surface area contributed by atoms with Gasteiger partial charge in [0.25, 0.3) is 0 Å². The van der Waals surface area contributed by atoms with Crippen LogP contribution in [0.3, 0.4) is 0 Å². The van der Waals surface area contributed by atoms with Crippen molar-refractivity contribution >= 4 is 23.8 Å². The molecule has 0 radical (unpaired) electrons. The highest BCUT2D eigenvalue weighted by molar-refractivity contribution is 7.71. The van der Waals surface area contributed by atoms with Crippen molar-refractivity contribution in [2.24, 2.45) is 0 Å². The number of hydrogen-bond donors (Lipinski definition) is 0. The van der Waals surface area contributed by atoms with Crippen LogP contribution in [0.5, 0.6) is 5.75 Å². The molecular formula is C20H21ClN4OS. The van der Waals surface area contributed by atoms with E-state index in [1.54, 1.807) is 7.11 Å². The van der Waals surface area contributed by atoms with Crippen LogP contribution in [0.4, 0.5) is 0 Å². The quantitative estimate of drug-likeness (QED) is 0.577. The third-order valence-electron chi connectivity index (χ3n) is 4.78. The van der Waals surface area contributed by atoms with Crippen molar-refractivity contribution in [2.45, 2.75) is 19.5 Å². The first-order valence-corrected chi connectivity index (χ1v) is 9.77. The first-order chi connectivity index (χ1) is 13.2. The average molecular weight is 401 g/mol. The molecule has 0 atom stereocenters. The van der Waals surface area contributed by atoms with Crippen molar-refractivity contribution in [3.05, 3.63) is 58.3 Å². The third kappa shape index (κ3) is 3.78. The van der Waals surface area contributed by atoms with E-state index in [-0.39, 0.29) is 0 Å². The molecule has 1 saturated heterocycles. The number of ether oxygens (including phenoxy) is 1. The molecule has 3 aromatic rings. The topological polar surface area (TPSA) is 35.2 Å². The molecule has 5 nitrogen and oxygen atoms in total. The standard InChI is InChI=1S/C20H21ClN4OS/c1-26-18-6-4-5-15(13-18)19-22-24(14-23-11-2-3-12-23)20(27)25(19)17-9-7-16(21)8-10-17/h4-10,13H,2-3,11-12,14H2,1H3. The fourth-order valence-electron chi connectivity index (χ4n) is 3.39. The van der Waals surface area contributed by atoms with Gasteiger partial charge in [-0.1, -0.05) is 23.7 Å². The van der Waals surface area contributed by atoms with Crippen molar-refractivity contribution in [1.29, 1.82) is 0 Å². The van der Waals surface area contributed by atoms with E-state index in [1.165, 1.54) is 12.8 Å². The van der Waals surface area contributed by atoms with Gasteiger partial charge in [0.1, 0.15) is 5.75 Å². The fraction of sp³-hybridized carbons (Fsp3) is 0.300. The number of halogens is 1. The molecule has 4 rings (SSSR count). The van der Waals surface area contributed by atoms with E-state index in [9.17, 15) is 0 Å². The second-order valence-corrected chi connectivity index (χ2v) is 7.42. The highest BCUT2D eigenvalue weighted by atomic mass is 35.5. The van der Waals surface area contributed by atoms with Gasteiger partial charge in [0, 0.05) is 10.6 Å². The first-order valence-electron chi connectivity index (χ1n) is 8.98. The molecule has 0 amide bonds. The molecule has 140 valence electrons. The molecule has 2 heterocycles. The smallest absolute Gasteiger partial charge is 0.204 e. The maximum Gasteiger partial charge on any atom is 0.204 e. The Balaban J connectivity index is 1.84. The van der Waals surface area contributed by atoms with Crippen LogP contribution >= 0.6 is 23.8 Å². The Morgan fingerprint density at radius 2 is 1.85 bits per heavy atom. The van der Waals surface area contributed by atoms with Crippen molar-refractivity contribution < 1.29 is 4.74 Å². The van der Waals surface area contributed by atoms with E-state index in [0.717, 1.165) is 35.9 Å². The van der Waals surface area contributed by atoms with E-state index in [0.29, 0.717) is 16.5 Å². The Kier molecular flexibility index (Phi) is 5.29. The molecule has 0 saturated carbocycles. The number of nitrogens with zero attached hydrogens (tertiary/aromatic N) is 4. The Morgan fingerprint density at radius 3 is 2.56 bits per heavy atom. The van der Waals surface area contributed by atoms with Gasteiger partial charge >= 0.3 is 0 Å². The summed E-state index contributed by atoms with van der Waals surface area (Å²) in [5.74, 6) is 1.58. The summed E-state index contributed by atoms with van der Waals surface area (Å²) in [7, 11) is 1.66. The van der Waals surface area contributed by atoms with Gasteiger partial charge in [-0.05, 0) is 74.5 Å². The number of methoxy groups -OCH3 is 1. The van der Waals surface area contributed by atoms with E-state index >= 15 is 0 Å². The van der Waals surface area contributed by atoms with Crippen LogP contribution in [0.1, 0.15) is 12.8 Å². The van der Waals surface area contributed by atoms with Gasteiger partial charge in [-0.2, -0.15) is 0 Å². The largest absolute Gasteiger partial charge is 0.497 e. The van der Waals surface area contributed by atoms with Crippen molar-refractivity contribution in [2.75, 3.05) is 20.2 Å². The summed E-state index contributed by atoms with van der Waals surface area (Å²) in [4.78, 5) is 2.38. The van der Waals surface area contributed by atoms with Crippen LogP contribution in [0.2, 0.25) is 5.02 Å². The maximum absolute atomic E-state index is 6.07. The van der Waals surface area contributed by atoms with Crippen LogP contribution in [-0.4, -0.2) is 39.4 Å².